The first-order valence-corrected chi connectivity index (χ1v) is 7.42. The van der Waals surface area contributed by atoms with Crippen molar-refractivity contribution in [1.82, 2.24) is 15.0 Å². The third-order valence-electron chi connectivity index (χ3n) is 3.74. The third kappa shape index (κ3) is 3.49. The summed E-state index contributed by atoms with van der Waals surface area (Å²) in [5, 5.41) is 36.9. The lowest BCUT2D eigenvalue weighted by atomic mass is 10.0. The van der Waals surface area contributed by atoms with Gasteiger partial charge in [-0.2, -0.15) is 0 Å². The van der Waals surface area contributed by atoms with Gasteiger partial charge in [0.25, 0.3) is 0 Å². The zero-order valence-corrected chi connectivity index (χ0v) is 13.0. The molecule has 3 N–H and O–H groups in total. The van der Waals surface area contributed by atoms with Gasteiger partial charge in [-0.25, -0.2) is 4.68 Å². The Labute approximate surface area is 138 Å². The van der Waals surface area contributed by atoms with Gasteiger partial charge < -0.3 is 29.5 Å². The molecule has 0 spiro atoms. The molecular formula is C15H19N3O6. The maximum Gasteiger partial charge on any atom is 0.180 e. The molecule has 130 valence electrons. The summed E-state index contributed by atoms with van der Waals surface area (Å²) in [5.41, 5.74) is 0.530. The van der Waals surface area contributed by atoms with E-state index in [9.17, 15) is 15.3 Å². The van der Waals surface area contributed by atoms with Gasteiger partial charge in [0.15, 0.2) is 6.23 Å². The first-order chi connectivity index (χ1) is 11.6. The minimum Gasteiger partial charge on any atom is -0.497 e. The molecule has 0 bridgehead atoms. The van der Waals surface area contributed by atoms with Crippen LogP contribution in [0.15, 0.2) is 30.5 Å². The van der Waals surface area contributed by atoms with Gasteiger partial charge in [0.2, 0.25) is 0 Å². The molecule has 0 aliphatic carbocycles. The molecule has 0 amide bonds. The minimum atomic E-state index is -1.30. The number of aromatic nitrogens is 3. The quantitative estimate of drug-likeness (QED) is 0.667. The second-order valence-electron chi connectivity index (χ2n) is 5.43. The zero-order chi connectivity index (χ0) is 17.1. The van der Waals surface area contributed by atoms with E-state index in [0.717, 1.165) is 5.75 Å². The Morgan fingerprint density at radius 3 is 2.58 bits per heavy atom. The van der Waals surface area contributed by atoms with E-state index < -0.39 is 24.5 Å². The molecule has 2 heterocycles. The van der Waals surface area contributed by atoms with E-state index >= 15 is 0 Å². The van der Waals surface area contributed by atoms with Crippen molar-refractivity contribution in [2.45, 2.75) is 31.1 Å². The van der Waals surface area contributed by atoms with Crippen molar-refractivity contribution >= 4 is 0 Å². The second-order valence-corrected chi connectivity index (χ2v) is 5.43. The van der Waals surface area contributed by atoms with Crippen LogP contribution < -0.4 is 9.47 Å². The van der Waals surface area contributed by atoms with E-state index in [-0.39, 0.29) is 13.2 Å². The molecule has 0 radical (unpaired) electrons. The molecule has 9 heteroatoms. The van der Waals surface area contributed by atoms with Gasteiger partial charge in [0.1, 0.15) is 42.1 Å². The van der Waals surface area contributed by atoms with Crippen LogP contribution in [0.3, 0.4) is 0 Å². The molecule has 2 aromatic rings. The molecule has 1 aliphatic rings. The van der Waals surface area contributed by atoms with E-state index in [1.807, 2.05) is 0 Å². The molecular weight excluding hydrogens is 318 g/mol. The summed E-state index contributed by atoms with van der Waals surface area (Å²) in [5.74, 6) is 1.38. The van der Waals surface area contributed by atoms with Crippen LogP contribution in [0.1, 0.15) is 11.9 Å². The normalized spacial score (nSPS) is 27.0. The van der Waals surface area contributed by atoms with Crippen LogP contribution in [-0.2, 0) is 11.3 Å². The summed E-state index contributed by atoms with van der Waals surface area (Å²) in [7, 11) is 1.59. The molecule has 0 saturated carbocycles. The summed E-state index contributed by atoms with van der Waals surface area (Å²) >= 11 is 0. The second kappa shape index (κ2) is 7.14. The van der Waals surface area contributed by atoms with Crippen LogP contribution in [0.2, 0.25) is 0 Å². The zero-order valence-electron chi connectivity index (χ0n) is 13.0. The van der Waals surface area contributed by atoms with Crippen LogP contribution >= 0.6 is 0 Å². The summed E-state index contributed by atoms with van der Waals surface area (Å²) in [6.45, 7) is 0.0841. The van der Waals surface area contributed by atoms with E-state index in [0.29, 0.717) is 11.4 Å². The Morgan fingerprint density at radius 1 is 1.17 bits per heavy atom. The highest BCUT2D eigenvalue weighted by Gasteiger charge is 2.39. The largest absolute Gasteiger partial charge is 0.497 e. The average molecular weight is 337 g/mol. The van der Waals surface area contributed by atoms with E-state index in [1.54, 1.807) is 37.6 Å². The molecule has 1 aliphatic heterocycles. The first kappa shape index (κ1) is 16.7. The fraction of sp³-hybridized carbons (Fsp3) is 0.467. The molecule has 1 fully saturated rings. The monoisotopic (exact) mass is 337 g/mol. The van der Waals surface area contributed by atoms with Gasteiger partial charge in [-0.3, -0.25) is 0 Å². The lowest BCUT2D eigenvalue weighted by molar-refractivity contribution is -0.214. The lowest BCUT2D eigenvalue weighted by Gasteiger charge is -2.34. The molecule has 1 aromatic carbocycles. The van der Waals surface area contributed by atoms with Crippen molar-refractivity contribution in [3.05, 3.63) is 36.2 Å². The number of rotatable bonds is 5. The summed E-state index contributed by atoms with van der Waals surface area (Å²) < 4.78 is 17.3. The fourth-order valence-corrected chi connectivity index (χ4v) is 2.36. The Kier molecular flexibility index (Phi) is 4.95. The van der Waals surface area contributed by atoms with Gasteiger partial charge in [-0.1, -0.05) is 5.21 Å². The molecule has 3 rings (SSSR count). The minimum absolute atomic E-state index is 0.0968. The number of nitrogens with zero attached hydrogens (tertiary/aromatic N) is 3. The molecule has 4 unspecified atom stereocenters. The summed E-state index contributed by atoms with van der Waals surface area (Å²) in [6.07, 6.45) is -3.08. The molecule has 9 nitrogen and oxygen atoms in total. The Hall–Kier alpha value is -2.20. The molecule has 1 saturated heterocycles. The highest BCUT2D eigenvalue weighted by Crippen LogP contribution is 2.23. The highest BCUT2D eigenvalue weighted by atomic mass is 16.5. The number of aliphatic hydroxyl groups is 3. The van der Waals surface area contributed by atoms with Gasteiger partial charge in [-0.05, 0) is 24.3 Å². The van der Waals surface area contributed by atoms with Crippen molar-refractivity contribution in [2.24, 2.45) is 0 Å². The highest BCUT2D eigenvalue weighted by molar-refractivity contribution is 5.31. The van der Waals surface area contributed by atoms with Crippen molar-refractivity contribution in [2.75, 3.05) is 13.7 Å². The van der Waals surface area contributed by atoms with Crippen molar-refractivity contribution in [3.63, 3.8) is 0 Å². The van der Waals surface area contributed by atoms with E-state index in [1.165, 1.54) is 4.68 Å². The number of ether oxygens (including phenoxy) is 3. The van der Waals surface area contributed by atoms with Gasteiger partial charge in [0.05, 0.1) is 19.9 Å². The fourth-order valence-electron chi connectivity index (χ4n) is 2.36. The molecule has 1 aromatic heterocycles. The van der Waals surface area contributed by atoms with E-state index in [2.05, 4.69) is 10.3 Å². The summed E-state index contributed by atoms with van der Waals surface area (Å²) in [4.78, 5) is 0. The predicted molar refractivity (Wildman–Crippen MR) is 80.4 cm³/mol. The van der Waals surface area contributed by atoms with Crippen LogP contribution in [-0.4, -0.2) is 62.3 Å². The average Bonchev–Trinajstić information content (AvgIpc) is 3.07. The third-order valence-corrected chi connectivity index (χ3v) is 3.74. The van der Waals surface area contributed by atoms with Crippen molar-refractivity contribution in [1.29, 1.82) is 0 Å². The number of methoxy groups -OCH3 is 1. The maximum atomic E-state index is 9.96. The standard InChI is InChI=1S/C15H19N3O6/c1-22-10-2-4-11(5-3-10)23-7-9-6-18(17-16-9)15-14(21)13(20)12(19)8-24-15/h2-6,12-15,19-21H,7-8H2,1H3. The Morgan fingerprint density at radius 2 is 1.88 bits per heavy atom. The van der Waals surface area contributed by atoms with Gasteiger partial charge in [0, 0.05) is 0 Å². The lowest BCUT2D eigenvalue weighted by Crippen LogP contribution is -2.50. The number of aliphatic hydroxyl groups excluding tert-OH is 3. The first-order valence-electron chi connectivity index (χ1n) is 7.42. The number of hydrogen-bond acceptors (Lipinski definition) is 8. The molecule has 24 heavy (non-hydrogen) atoms. The Bertz CT molecular complexity index is 661. The maximum absolute atomic E-state index is 9.96. The number of hydrogen-bond donors (Lipinski definition) is 3. The number of benzene rings is 1. The van der Waals surface area contributed by atoms with Crippen LogP contribution in [0.4, 0.5) is 0 Å². The smallest absolute Gasteiger partial charge is 0.180 e. The van der Waals surface area contributed by atoms with Crippen LogP contribution in [0.25, 0.3) is 0 Å². The SMILES string of the molecule is COc1ccc(OCc2cn(C3OCC(O)C(O)C3O)nn2)cc1. The van der Waals surface area contributed by atoms with Gasteiger partial charge >= 0.3 is 0 Å². The summed E-state index contributed by atoms with van der Waals surface area (Å²) in [6, 6.07) is 7.11. The van der Waals surface area contributed by atoms with Crippen molar-refractivity contribution in [3.8, 4) is 11.5 Å². The topological polar surface area (TPSA) is 119 Å². The van der Waals surface area contributed by atoms with Crippen molar-refractivity contribution < 1.29 is 29.5 Å². The Balaban J connectivity index is 1.61. The van der Waals surface area contributed by atoms with Crippen LogP contribution in [0, 0.1) is 0 Å². The molecule has 4 atom stereocenters. The van der Waals surface area contributed by atoms with Crippen LogP contribution in [0.5, 0.6) is 11.5 Å². The van der Waals surface area contributed by atoms with Gasteiger partial charge in [-0.15, -0.1) is 5.10 Å². The predicted octanol–water partition coefficient (Wildman–Crippen LogP) is -0.523. The van der Waals surface area contributed by atoms with E-state index in [4.69, 9.17) is 14.2 Å².